The fraction of sp³-hybridized carbons (Fsp3) is 0.485. The number of nitrogens with zero attached hydrogens (tertiary/aromatic N) is 3. The van der Waals surface area contributed by atoms with Crippen molar-refractivity contribution < 1.29 is 24.2 Å². The number of rotatable bonds is 7. The molecule has 1 saturated carbocycles. The molecule has 1 N–H and O–H groups in total. The summed E-state index contributed by atoms with van der Waals surface area (Å²) >= 11 is 1.61. The molecule has 3 saturated heterocycles. The third kappa shape index (κ3) is 5.17. The number of aryl methyl sites for hydroxylation is 2. The third-order valence-corrected chi connectivity index (χ3v) is 10.5. The van der Waals surface area contributed by atoms with Gasteiger partial charge in [0.25, 0.3) is 5.91 Å². The zero-order valence-electron chi connectivity index (χ0n) is 24.1. The fourth-order valence-corrected chi connectivity index (χ4v) is 8.24. The van der Waals surface area contributed by atoms with Gasteiger partial charge in [-0.1, -0.05) is 17.7 Å². The smallest absolute Gasteiger partial charge is 0.307 e. The van der Waals surface area contributed by atoms with Crippen LogP contribution in [0.4, 0.5) is 5.13 Å². The summed E-state index contributed by atoms with van der Waals surface area (Å²) in [6.45, 7) is 7.34. The number of likely N-dealkylation sites (tertiary alicyclic amines) is 1. The molecule has 4 heterocycles. The van der Waals surface area contributed by atoms with Gasteiger partial charge in [-0.3, -0.25) is 9.59 Å². The van der Waals surface area contributed by atoms with E-state index in [4.69, 9.17) is 14.5 Å². The maximum Gasteiger partial charge on any atom is 0.307 e. The second-order valence-corrected chi connectivity index (χ2v) is 13.3. The molecule has 1 aliphatic carbocycles. The van der Waals surface area contributed by atoms with Gasteiger partial charge in [0, 0.05) is 42.7 Å². The zero-order valence-corrected chi connectivity index (χ0v) is 24.9. The molecule has 8 nitrogen and oxygen atoms in total. The Kier molecular flexibility index (Phi) is 7.18. The van der Waals surface area contributed by atoms with Crippen LogP contribution in [0, 0.1) is 31.6 Å². The van der Waals surface area contributed by atoms with Gasteiger partial charge in [0.1, 0.15) is 12.4 Å². The summed E-state index contributed by atoms with van der Waals surface area (Å²) < 4.78 is 12.3. The first-order valence-electron chi connectivity index (χ1n) is 15.0. The van der Waals surface area contributed by atoms with E-state index in [-0.39, 0.29) is 35.9 Å². The van der Waals surface area contributed by atoms with Gasteiger partial charge < -0.3 is 24.4 Å². The average molecular weight is 588 g/mol. The third-order valence-electron chi connectivity index (χ3n) is 9.60. The molecule has 4 bridgehead atoms. The van der Waals surface area contributed by atoms with Gasteiger partial charge in [-0.2, -0.15) is 0 Å². The molecule has 1 aromatic heterocycles. The molecule has 2 aromatic carbocycles. The summed E-state index contributed by atoms with van der Waals surface area (Å²) in [6, 6.07) is 12.0. The first kappa shape index (κ1) is 27.4. The SMILES string of the molecule is Cc1ccc(OCc2ccc(C(=O)N3CC4CC[C@@H](C3)O4)cc2C)c(-c2csc(N3C[C@H]4CC[C@@H](C3)C4C(=O)O)n2)c1. The highest BCUT2D eigenvalue weighted by atomic mass is 32.1. The minimum absolute atomic E-state index is 0.0751. The van der Waals surface area contributed by atoms with E-state index in [1.165, 1.54) is 0 Å². The molecule has 2 unspecified atom stereocenters. The van der Waals surface area contributed by atoms with Gasteiger partial charge in [0.05, 0.1) is 23.8 Å². The predicted octanol–water partition coefficient (Wildman–Crippen LogP) is 5.56. The highest BCUT2D eigenvalue weighted by Crippen LogP contribution is 2.44. The molecule has 42 heavy (non-hydrogen) atoms. The number of thiazole rings is 1. The summed E-state index contributed by atoms with van der Waals surface area (Å²) in [5.41, 5.74) is 5.73. The second kappa shape index (κ2) is 11.0. The van der Waals surface area contributed by atoms with E-state index < -0.39 is 5.97 Å². The van der Waals surface area contributed by atoms with Crippen LogP contribution in [0.5, 0.6) is 5.75 Å². The number of piperidine rings is 1. The number of hydrogen-bond acceptors (Lipinski definition) is 7. The Bertz CT molecular complexity index is 1500. The van der Waals surface area contributed by atoms with Crippen LogP contribution in [0.15, 0.2) is 41.8 Å². The van der Waals surface area contributed by atoms with Crippen molar-refractivity contribution in [1.82, 2.24) is 9.88 Å². The number of amides is 1. The number of aromatic nitrogens is 1. The standard InChI is InChI=1S/C33H37N3O5S/c1-19-3-10-29(27(11-19)28-18-42-33(34-28)36-13-22-5-6-23(14-36)30(22)32(38)39)40-17-24-7-4-21(12-20(24)2)31(37)35-15-25-8-9-26(16-35)41-25/h3-4,7,10-12,18,22-23,25-26,30H,5-6,8-9,13-17H2,1-2H3,(H,38,39)/t22-,23+,25-,26?,30?/m0/s1. The molecular formula is C33H37N3O5S. The lowest BCUT2D eigenvalue weighted by atomic mass is 9.85. The number of carboxylic acids is 1. The predicted molar refractivity (Wildman–Crippen MR) is 161 cm³/mol. The number of fused-ring (bicyclic) bond motifs is 4. The molecule has 0 spiro atoms. The van der Waals surface area contributed by atoms with Crippen molar-refractivity contribution in [3.63, 3.8) is 0 Å². The number of ether oxygens (including phenoxy) is 2. The first-order valence-corrected chi connectivity index (χ1v) is 15.9. The normalized spacial score (nSPS) is 26.5. The Morgan fingerprint density at radius 1 is 1.00 bits per heavy atom. The minimum Gasteiger partial charge on any atom is -0.488 e. The van der Waals surface area contributed by atoms with E-state index in [0.717, 1.165) is 77.6 Å². The number of carbonyl (C=O) groups is 2. The Morgan fingerprint density at radius 2 is 1.74 bits per heavy atom. The van der Waals surface area contributed by atoms with Crippen LogP contribution in [0.3, 0.4) is 0 Å². The van der Waals surface area contributed by atoms with Crippen LogP contribution in [0.1, 0.15) is 52.7 Å². The largest absolute Gasteiger partial charge is 0.488 e. The zero-order chi connectivity index (χ0) is 29.0. The number of benzene rings is 2. The highest BCUT2D eigenvalue weighted by Gasteiger charge is 2.46. The van der Waals surface area contributed by atoms with E-state index in [0.29, 0.717) is 25.3 Å². The summed E-state index contributed by atoms with van der Waals surface area (Å²) in [4.78, 5) is 34.2. The number of carboxylic acid groups (broad SMARTS) is 1. The van der Waals surface area contributed by atoms with Crippen molar-refractivity contribution in [3.8, 4) is 17.0 Å². The lowest BCUT2D eigenvalue weighted by molar-refractivity contribution is -0.144. The number of carbonyl (C=O) groups excluding carboxylic acids is 1. The van der Waals surface area contributed by atoms with Crippen LogP contribution in [-0.4, -0.2) is 65.3 Å². The molecule has 4 fully saturated rings. The van der Waals surface area contributed by atoms with Crippen molar-refractivity contribution >= 4 is 28.3 Å². The van der Waals surface area contributed by atoms with Crippen molar-refractivity contribution in [1.29, 1.82) is 0 Å². The Morgan fingerprint density at radius 3 is 2.43 bits per heavy atom. The van der Waals surface area contributed by atoms with Gasteiger partial charge in [-0.05, 0) is 86.8 Å². The Hall–Kier alpha value is -3.43. The first-order chi connectivity index (χ1) is 20.3. The van der Waals surface area contributed by atoms with Gasteiger partial charge in [0.15, 0.2) is 5.13 Å². The summed E-state index contributed by atoms with van der Waals surface area (Å²) in [7, 11) is 0. The number of anilines is 1. The van der Waals surface area contributed by atoms with Gasteiger partial charge in [0.2, 0.25) is 0 Å². The number of aliphatic carboxylic acids is 1. The van der Waals surface area contributed by atoms with Gasteiger partial charge >= 0.3 is 5.97 Å². The van der Waals surface area contributed by atoms with Crippen LogP contribution >= 0.6 is 11.3 Å². The van der Waals surface area contributed by atoms with Crippen LogP contribution in [-0.2, 0) is 16.1 Å². The lowest BCUT2D eigenvalue weighted by Gasteiger charge is -2.35. The van der Waals surface area contributed by atoms with E-state index in [1.807, 2.05) is 42.2 Å². The number of morpholine rings is 1. The molecule has 5 atom stereocenters. The van der Waals surface area contributed by atoms with Gasteiger partial charge in [-0.15, -0.1) is 11.3 Å². The molecule has 1 amide bonds. The summed E-state index contributed by atoms with van der Waals surface area (Å²) in [5, 5.41) is 12.7. The van der Waals surface area contributed by atoms with Crippen LogP contribution < -0.4 is 9.64 Å². The topological polar surface area (TPSA) is 92.2 Å². The second-order valence-electron chi connectivity index (χ2n) is 12.5. The molecule has 3 aliphatic heterocycles. The number of hydrogen-bond donors (Lipinski definition) is 1. The molecular weight excluding hydrogens is 550 g/mol. The molecule has 3 aromatic rings. The van der Waals surface area contributed by atoms with E-state index in [2.05, 4.69) is 23.3 Å². The molecule has 7 rings (SSSR count). The van der Waals surface area contributed by atoms with Crippen molar-refractivity contribution in [3.05, 3.63) is 64.0 Å². The quantitative estimate of drug-likeness (QED) is 0.387. The molecule has 9 heteroatoms. The van der Waals surface area contributed by atoms with E-state index in [1.54, 1.807) is 11.3 Å². The molecule has 4 aliphatic rings. The summed E-state index contributed by atoms with van der Waals surface area (Å²) in [5.74, 6) is 0.365. The minimum atomic E-state index is -0.649. The lowest BCUT2D eigenvalue weighted by Crippen LogP contribution is -2.45. The van der Waals surface area contributed by atoms with Gasteiger partial charge in [-0.25, -0.2) is 4.98 Å². The van der Waals surface area contributed by atoms with Crippen LogP contribution in [0.25, 0.3) is 11.3 Å². The average Bonchev–Trinajstić information content (AvgIpc) is 3.68. The maximum absolute atomic E-state index is 13.2. The van der Waals surface area contributed by atoms with Crippen LogP contribution in [0.2, 0.25) is 0 Å². The van der Waals surface area contributed by atoms with E-state index >= 15 is 0 Å². The van der Waals surface area contributed by atoms with Crippen molar-refractivity contribution in [2.24, 2.45) is 17.8 Å². The highest BCUT2D eigenvalue weighted by molar-refractivity contribution is 7.14. The molecule has 0 radical (unpaired) electrons. The molecule has 220 valence electrons. The monoisotopic (exact) mass is 587 g/mol. The Labute approximate surface area is 250 Å². The Balaban J connectivity index is 1.05. The maximum atomic E-state index is 13.2. The van der Waals surface area contributed by atoms with Crippen molar-refractivity contribution in [2.75, 3.05) is 31.1 Å². The van der Waals surface area contributed by atoms with E-state index in [9.17, 15) is 14.7 Å². The fourth-order valence-electron chi connectivity index (χ4n) is 7.39. The van der Waals surface area contributed by atoms with Crippen molar-refractivity contribution in [2.45, 2.75) is 58.3 Å². The summed E-state index contributed by atoms with van der Waals surface area (Å²) in [6.07, 6.45) is 4.40.